The lowest BCUT2D eigenvalue weighted by atomic mass is 10.1. The van der Waals surface area contributed by atoms with Crippen molar-refractivity contribution in [2.45, 2.75) is 45.6 Å². The van der Waals surface area contributed by atoms with Gasteiger partial charge in [0.2, 0.25) is 0 Å². The van der Waals surface area contributed by atoms with Crippen molar-refractivity contribution in [3.63, 3.8) is 0 Å². The molecule has 3 heteroatoms. The SMILES string of the molecule is C=CC(O)CCCCC.Cc1nccs1. The van der Waals surface area contributed by atoms with E-state index < -0.39 is 0 Å². The Kier molecular flexibility index (Phi) is 9.43. The molecule has 0 bridgehead atoms. The largest absolute Gasteiger partial charge is 0.389 e. The smallest absolute Gasteiger partial charge is 0.0893 e. The second kappa shape index (κ2) is 9.87. The first-order valence-corrected chi connectivity index (χ1v) is 6.25. The molecule has 0 spiro atoms. The van der Waals surface area contributed by atoms with Crippen molar-refractivity contribution < 1.29 is 5.11 Å². The molecule has 0 aliphatic carbocycles. The first-order valence-electron chi connectivity index (χ1n) is 5.37. The van der Waals surface area contributed by atoms with Gasteiger partial charge in [0.1, 0.15) is 0 Å². The Balaban J connectivity index is 0.000000280. The van der Waals surface area contributed by atoms with E-state index in [9.17, 15) is 0 Å². The summed E-state index contributed by atoms with van der Waals surface area (Å²) in [6, 6.07) is 0. The second-order valence-corrected chi connectivity index (χ2v) is 4.45. The van der Waals surface area contributed by atoms with Crippen molar-refractivity contribution >= 4 is 11.3 Å². The van der Waals surface area contributed by atoms with Gasteiger partial charge in [0.05, 0.1) is 11.1 Å². The molecule has 15 heavy (non-hydrogen) atoms. The maximum Gasteiger partial charge on any atom is 0.0893 e. The van der Waals surface area contributed by atoms with Gasteiger partial charge >= 0.3 is 0 Å². The number of aryl methyl sites for hydroxylation is 1. The number of aromatic nitrogens is 1. The van der Waals surface area contributed by atoms with E-state index in [1.165, 1.54) is 12.8 Å². The fraction of sp³-hybridized carbons (Fsp3) is 0.583. The topological polar surface area (TPSA) is 33.1 Å². The van der Waals surface area contributed by atoms with Gasteiger partial charge in [0.25, 0.3) is 0 Å². The number of aliphatic hydroxyl groups is 1. The van der Waals surface area contributed by atoms with E-state index in [0.29, 0.717) is 0 Å². The van der Waals surface area contributed by atoms with Crippen LogP contribution in [-0.4, -0.2) is 16.2 Å². The summed E-state index contributed by atoms with van der Waals surface area (Å²) in [5.41, 5.74) is 0. The van der Waals surface area contributed by atoms with E-state index >= 15 is 0 Å². The van der Waals surface area contributed by atoms with E-state index in [4.69, 9.17) is 5.11 Å². The van der Waals surface area contributed by atoms with E-state index in [-0.39, 0.29) is 6.10 Å². The average Bonchev–Trinajstić information content (AvgIpc) is 2.70. The summed E-state index contributed by atoms with van der Waals surface area (Å²) in [5, 5.41) is 12.1. The fourth-order valence-corrected chi connectivity index (χ4v) is 1.46. The van der Waals surface area contributed by atoms with Crippen LogP contribution < -0.4 is 0 Å². The zero-order chi connectivity index (χ0) is 11.5. The summed E-state index contributed by atoms with van der Waals surface area (Å²) in [6.45, 7) is 7.63. The number of unbranched alkanes of at least 4 members (excludes halogenated alkanes) is 2. The Morgan fingerprint density at radius 3 is 2.67 bits per heavy atom. The third kappa shape index (κ3) is 9.63. The Hall–Kier alpha value is -0.670. The highest BCUT2D eigenvalue weighted by Gasteiger charge is 1.94. The molecule has 1 atom stereocenters. The minimum absolute atomic E-state index is 0.281. The lowest BCUT2D eigenvalue weighted by Gasteiger charge is -2.01. The van der Waals surface area contributed by atoms with Crippen LogP contribution in [0.15, 0.2) is 24.2 Å². The van der Waals surface area contributed by atoms with Gasteiger partial charge in [-0.2, -0.15) is 0 Å². The Bertz CT molecular complexity index is 234. The minimum atomic E-state index is -0.281. The third-order valence-corrected chi connectivity index (χ3v) is 2.64. The molecular weight excluding hydrogens is 206 g/mol. The zero-order valence-electron chi connectivity index (χ0n) is 9.65. The molecule has 1 heterocycles. The van der Waals surface area contributed by atoms with Gasteiger partial charge in [-0.15, -0.1) is 17.9 Å². The van der Waals surface area contributed by atoms with Crippen LogP contribution in [-0.2, 0) is 0 Å². The first kappa shape index (κ1) is 14.3. The Morgan fingerprint density at radius 2 is 2.33 bits per heavy atom. The van der Waals surface area contributed by atoms with Gasteiger partial charge in [-0.3, -0.25) is 4.98 Å². The second-order valence-electron chi connectivity index (χ2n) is 3.35. The Morgan fingerprint density at radius 1 is 1.60 bits per heavy atom. The predicted octanol–water partition coefficient (Wildman–Crippen LogP) is 3.57. The number of hydrogen-bond donors (Lipinski definition) is 1. The molecule has 0 radical (unpaired) electrons. The van der Waals surface area contributed by atoms with Gasteiger partial charge in [0.15, 0.2) is 0 Å². The normalized spacial score (nSPS) is 11.4. The zero-order valence-corrected chi connectivity index (χ0v) is 10.5. The summed E-state index contributed by atoms with van der Waals surface area (Å²) in [4.78, 5) is 3.94. The molecule has 1 N–H and O–H groups in total. The average molecular weight is 227 g/mol. The maximum absolute atomic E-state index is 8.97. The van der Waals surface area contributed by atoms with E-state index in [1.54, 1.807) is 23.6 Å². The van der Waals surface area contributed by atoms with Crippen LogP contribution in [0, 0.1) is 6.92 Å². The third-order valence-electron chi connectivity index (χ3n) is 1.93. The first-order chi connectivity index (χ1) is 7.20. The van der Waals surface area contributed by atoms with Crippen LogP contribution in [0.2, 0.25) is 0 Å². The summed E-state index contributed by atoms with van der Waals surface area (Å²) in [7, 11) is 0. The van der Waals surface area contributed by atoms with Gasteiger partial charge in [-0.05, 0) is 13.3 Å². The van der Waals surface area contributed by atoms with Crippen molar-refractivity contribution in [2.75, 3.05) is 0 Å². The molecule has 0 amide bonds. The van der Waals surface area contributed by atoms with Crippen molar-refractivity contribution in [1.82, 2.24) is 4.98 Å². The van der Waals surface area contributed by atoms with Crippen molar-refractivity contribution in [1.29, 1.82) is 0 Å². The summed E-state index contributed by atoms with van der Waals surface area (Å²) in [6.07, 6.45) is 7.53. The number of nitrogens with zero attached hydrogens (tertiary/aromatic N) is 1. The molecule has 86 valence electrons. The molecule has 1 rings (SSSR count). The molecule has 1 aromatic heterocycles. The maximum atomic E-state index is 8.97. The quantitative estimate of drug-likeness (QED) is 0.616. The van der Waals surface area contributed by atoms with Crippen LogP contribution >= 0.6 is 11.3 Å². The lowest BCUT2D eigenvalue weighted by molar-refractivity contribution is 0.208. The molecular formula is C12H21NOS. The van der Waals surface area contributed by atoms with Crippen LogP contribution in [0.5, 0.6) is 0 Å². The fourth-order valence-electron chi connectivity index (χ4n) is 1.02. The number of rotatable bonds is 5. The molecule has 0 saturated carbocycles. The highest BCUT2D eigenvalue weighted by Crippen LogP contribution is 2.02. The van der Waals surface area contributed by atoms with Gasteiger partial charge in [-0.25, -0.2) is 0 Å². The van der Waals surface area contributed by atoms with Gasteiger partial charge in [0, 0.05) is 11.6 Å². The van der Waals surface area contributed by atoms with Crippen LogP contribution in [0.1, 0.15) is 37.6 Å². The molecule has 1 aromatic rings. The van der Waals surface area contributed by atoms with Crippen molar-refractivity contribution in [3.8, 4) is 0 Å². The number of thiazole rings is 1. The van der Waals surface area contributed by atoms with Crippen LogP contribution in [0.25, 0.3) is 0 Å². The molecule has 2 nitrogen and oxygen atoms in total. The van der Waals surface area contributed by atoms with Crippen molar-refractivity contribution in [3.05, 3.63) is 29.2 Å². The van der Waals surface area contributed by atoms with Crippen molar-refractivity contribution in [2.24, 2.45) is 0 Å². The highest BCUT2D eigenvalue weighted by atomic mass is 32.1. The summed E-state index contributed by atoms with van der Waals surface area (Å²) < 4.78 is 0. The lowest BCUT2D eigenvalue weighted by Crippen LogP contribution is -1.99. The molecule has 1 unspecified atom stereocenters. The summed E-state index contributed by atoms with van der Waals surface area (Å²) >= 11 is 1.67. The molecule has 0 aliphatic rings. The predicted molar refractivity (Wildman–Crippen MR) is 67.2 cm³/mol. The van der Waals surface area contributed by atoms with E-state index in [1.807, 2.05) is 12.3 Å². The Labute approximate surface area is 96.7 Å². The van der Waals surface area contributed by atoms with Crippen LogP contribution in [0.3, 0.4) is 0 Å². The van der Waals surface area contributed by atoms with Crippen LogP contribution in [0.4, 0.5) is 0 Å². The molecule has 0 aliphatic heterocycles. The standard InChI is InChI=1S/C8H16O.C4H5NS/c1-3-5-6-7-8(9)4-2;1-4-5-2-3-6-4/h4,8-9H,2-3,5-7H2,1H3;2-3H,1H3. The molecule has 0 saturated heterocycles. The van der Waals surface area contributed by atoms with E-state index in [0.717, 1.165) is 17.8 Å². The monoisotopic (exact) mass is 227 g/mol. The molecule has 0 aromatic carbocycles. The highest BCUT2D eigenvalue weighted by molar-refractivity contribution is 7.09. The van der Waals surface area contributed by atoms with E-state index in [2.05, 4.69) is 18.5 Å². The van der Waals surface area contributed by atoms with Gasteiger partial charge in [-0.1, -0.05) is 32.3 Å². The number of aliphatic hydroxyl groups excluding tert-OH is 1. The molecule has 0 fully saturated rings. The number of hydrogen-bond acceptors (Lipinski definition) is 3. The summed E-state index contributed by atoms with van der Waals surface area (Å²) in [5.74, 6) is 0. The minimum Gasteiger partial charge on any atom is -0.389 e. The van der Waals surface area contributed by atoms with Gasteiger partial charge < -0.3 is 5.11 Å².